The van der Waals surface area contributed by atoms with Crippen LogP contribution in [0.3, 0.4) is 0 Å². The van der Waals surface area contributed by atoms with E-state index < -0.39 is 5.97 Å². The Bertz CT molecular complexity index is 348. The minimum atomic E-state index is -1.06. The van der Waals surface area contributed by atoms with Crippen molar-refractivity contribution >= 4 is 11.9 Å². The van der Waals surface area contributed by atoms with Crippen LogP contribution in [-0.4, -0.2) is 36.2 Å². The molecule has 0 aromatic heterocycles. The molecule has 2 unspecified atom stereocenters. The Hall–Kier alpha value is -1.36. The summed E-state index contributed by atoms with van der Waals surface area (Å²) in [6.07, 6.45) is 2.87. The molecule has 0 heterocycles. The number of amides is 1. The number of carboxylic acid groups (broad SMARTS) is 1. The zero-order valence-electron chi connectivity index (χ0n) is 10.4. The first-order valence-electron chi connectivity index (χ1n) is 5.71. The van der Waals surface area contributed by atoms with Gasteiger partial charge in [-0.1, -0.05) is 0 Å². The predicted molar refractivity (Wildman–Crippen MR) is 62.6 cm³/mol. The highest BCUT2D eigenvalue weighted by Gasteiger charge is 2.29. The molecule has 1 aliphatic rings. The van der Waals surface area contributed by atoms with E-state index in [-0.39, 0.29) is 29.2 Å². The average molecular weight is 241 g/mol. The van der Waals surface area contributed by atoms with E-state index in [2.05, 4.69) is 5.32 Å². The second-order valence-electron chi connectivity index (χ2n) is 4.34. The number of carbonyl (C=O) groups excluding carboxylic acids is 1. The molecule has 2 N–H and O–H groups in total. The first-order valence-corrected chi connectivity index (χ1v) is 5.71. The molecule has 0 saturated heterocycles. The Labute approximate surface area is 101 Å². The van der Waals surface area contributed by atoms with Gasteiger partial charge >= 0.3 is 5.97 Å². The molecule has 5 nitrogen and oxygen atoms in total. The number of nitrogens with one attached hydrogen (secondary N) is 1. The Balaban J connectivity index is 2.66. The van der Waals surface area contributed by atoms with Crippen molar-refractivity contribution < 1.29 is 19.4 Å². The Morgan fingerprint density at radius 2 is 1.88 bits per heavy atom. The molecular formula is C12H19NO4. The lowest BCUT2D eigenvalue weighted by molar-refractivity contribution is -0.133. The minimum Gasteiger partial charge on any atom is -0.478 e. The Kier molecular flexibility index (Phi) is 4.69. The summed E-state index contributed by atoms with van der Waals surface area (Å²) in [7, 11) is 1.63. The summed E-state index contributed by atoms with van der Waals surface area (Å²) in [6, 6.07) is -0.0101. The van der Waals surface area contributed by atoms with E-state index >= 15 is 0 Å². The van der Waals surface area contributed by atoms with E-state index in [1.807, 2.05) is 0 Å². The van der Waals surface area contributed by atoms with Crippen LogP contribution in [0.15, 0.2) is 11.1 Å². The maximum absolute atomic E-state index is 11.8. The number of aliphatic carboxylic acids is 1. The van der Waals surface area contributed by atoms with Crippen LogP contribution in [-0.2, 0) is 14.3 Å². The minimum absolute atomic E-state index is 0.0101. The molecule has 1 saturated carbocycles. The molecule has 1 rings (SSSR count). The summed E-state index contributed by atoms with van der Waals surface area (Å²) in [6.45, 7) is 2.95. The SMILES string of the molecule is COC1CCCC1NC(=O)C(C)=C(C)C(=O)O. The van der Waals surface area contributed by atoms with Crippen LogP contribution in [0, 0.1) is 0 Å². The van der Waals surface area contributed by atoms with Crippen LogP contribution < -0.4 is 5.32 Å². The lowest BCUT2D eigenvalue weighted by Gasteiger charge is -2.20. The fourth-order valence-electron chi connectivity index (χ4n) is 1.98. The molecule has 1 aliphatic carbocycles. The third-order valence-corrected chi connectivity index (χ3v) is 3.30. The molecule has 0 radical (unpaired) electrons. The van der Waals surface area contributed by atoms with Gasteiger partial charge in [-0.05, 0) is 33.1 Å². The van der Waals surface area contributed by atoms with E-state index in [4.69, 9.17) is 9.84 Å². The summed E-state index contributed by atoms with van der Waals surface area (Å²) >= 11 is 0. The van der Waals surface area contributed by atoms with Gasteiger partial charge in [-0.15, -0.1) is 0 Å². The Morgan fingerprint density at radius 3 is 2.41 bits per heavy atom. The summed E-state index contributed by atoms with van der Waals surface area (Å²) in [5.74, 6) is -1.38. The molecule has 0 spiro atoms. The van der Waals surface area contributed by atoms with Crippen molar-refractivity contribution in [2.45, 2.75) is 45.3 Å². The van der Waals surface area contributed by atoms with Gasteiger partial charge in [-0.3, -0.25) is 4.79 Å². The maximum atomic E-state index is 11.8. The van der Waals surface area contributed by atoms with Crippen molar-refractivity contribution in [1.82, 2.24) is 5.32 Å². The van der Waals surface area contributed by atoms with Crippen molar-refractivity contribution in [2.24, 2.45) is 0 Å². The summed E-state index contributed by atoms with van der Waals surface area (Å²) in [5, 5.41) is 11.6. The first-order chi connectivity index (χ1) is 7.97. The van der Waals surface area contributed by atoms with E-state index in [1.54, 1.807) is 7.11 Å². The lowest BCUT2D eigenvalue weighted by Crippen LogP contribution is -2.41. The molecule has 17 heavy (non-hydrogen) atoms. The van der Waals surface area contributed by atoms with Gasteiger partial charge in [-0.2, -0.15) is 0 Å². The standard InChI is InChI=1S/C12H19NO4/c1-7(8(2)12(15)16)11(14)13-9-5-4-6-10(9)17-3/h9-10H,4-6H2,1-3H3,(H,13,14)(H,15,16). The molecule has 96 valence electrons. The van der Waals surface area contributed by atoms with Gasteiger partial charge in [0, 0.05) is 18.3 Å². The monoisotopic (exact) mass is 241 g/mol. The van der Waals surface area contributed by atoms with Crippen molar-refractivity contribution in [3.05, 3.63) is 11.1 Å². The van der Waals surface area contributed by atoms with Gasteiger partial charge < -0.3 is 15.2 Å². The molecule has 1 amide bonds. The van der Waals surface area contributed by atoms with Crippen LogP contribution >= 0.6 is 0 Å². The van der Waals surface area contributed by atoms with Gasteiger partial charge in [0.25, 0.3) is 0 Å². The third-order valence-electron chi connectivity index (χ3n) is 3.30. The topological polar surface area (TPSA) is 75.6 Å². The molecule has 0 aromatic rings. The van der Waals surface area contributed by atoms with Crippen LogP contribution in [0.5, 0.6) is 0 Å². The smallest absolute Gasteiger partial charge is 0.331 e. The van der Waals surface area contributed by atoms with E-state index in [0.29, 0.717) is 0 Å². The van der Waals surface area contributed by atoms with Gasteiger partial charge in [0.1, 0.15) is 0 Å². The maximum Gasteiger partial charge on any atom is 0.331 e. The molecular weight excluding hydrogens is 222 g/mol. The number of methoxy groups -OCH3 is 1. The fourth-order valence-corrected chi connectivity index (χ4v) is 1.98. The highest BCUT2D eigenvalue weighted by Crippen LogP contribution is 2.21. The molecule has 0 bridgehead atoms. The van der Waals surface area contributed by atoms with Gasteiger partial charge in [0.15, 0.2) is 0 Å². The molecule has 2 atom stereocenters. The van der Waals surface area contributed by atoms with Crippen molar-refractivity contribution in [3.8, 4) is 0 Å². The predicted octanol–water partition coefficient (Wildman–Crippen LogP) is 1.09. The van der Waals surface area contributed by atoms with E-state index in [1.165, 1.54) is 13.8 Å². The van der Waals surface area contributed by atoms with E-state index in [0.717, 1.165) is 19.3 Å². The number of hydrogen-bond donors (Lipinski definition) is 2. The highest BCUT2D eigenvalue weighted by molar-refractivity contribution is 6.01. The number of carbonyl (C=O) groups is 2. The van der Waals surface area contributed by atoms with Crippen molar-refractivity contribution in [3.63, 3.8) is 0 Å². The average Bonchev–Trinajstić information content (AvgIpc) is 2.73. The number of rotatable bonds is 4. The zero-order chi connectivity index (χ0) is 13.0. The number of hydrogen-bond acceptors (Lipinski definition) is 3. The molecule has 0 aliphatic heterocycles. The highest BCUT2D eigenvalue weighted by atomic mass is 16.5. The van der Waals surface area contributed by atoms with Crippen LogP contribution in [0.25, 0.3) is 0 Å². The molecule has 0 aromatic carbocycles. The van der Waals surface area contributed by atoms with Gasteiger partial charge in [-0.25, -0.2) is 4.79 Å². The lowest BCUT2D eigenvalue weighted by atomic mass is 10.1. The van der Waals surface area contributed by atoms with Crippen LogP contribution in [0.4, 0.5) is 0 Å². The Morgan fingerprint density at radius 1 is 1.24 bits per heavy atom. The first kappa shape index (κ1) is 13.7. The summed E-state index contributed by atoms with van der Waals surface area (Å²) in [5.41, 5.74) is 0.328. The zero-order valence-corrected chi connectivity index (χ0v) is 10.4. The largest absolute Gasteiger partial charge is 0.478 e. The van der Waals surface area contributed by atoms with Crippen molar-refractivity contribution in [2.75, 3.05) is 7.11 Å². The molecule has 1 fully saturated rings. The van der Waals surface area contributed by atoms with Crippen molar-refractivity contribution in [1.29, 1.82) is 0 Å². The second kappa shape index (κ2) is 5.82. The van der Waals surface area contributed by atoms with E-state index in [9.17, 15) is 9.59 Å². The van der Waals surface area contributed by atoms with Crippen LogP contribution in [0.2, 0.25) is 0 Å². The molecule has 5 heteroatoms. The van der Waals surface area contributed by atoms with Gasteiger partial charge in [0.05, 0.1) is 12.1 Å². The van der Waals surface area contributed by atoms with Crippen LogP contribution in [0.1, 0.15) is 33.1 Å². The summed E-state index contributed by atoms with van der Waals surface area (Å²) < 4.78 is 5.27. The third kappa shape index (κ3) is 3.30. The fraction of sp³-hybridized carbons (Fsp3) is 0.667. The quantitative estimate of drug-likeness (QED) is 0.722. The number of carboxylic acids is 1. The normalized spacial score (nSPS) is 25.4. The summed E-state index contributed by atoms with van der Waals surface area (Å²) in [4.78, 5) is 22.6. The second-order valence-corrected chi connectivity index (χ2v) is 4.34. The number of ether oxygens (including phenoxy) is 1. The van der Waals surface area contributed by atoms with Gasteiger partial charge in [0.2, 0.25) is 5.91 Å².